The van der Waals surface area contributed by atoms with E-state index in [2.05, 4.69) is 3.12 Å². The molecule has 0 N–H and O–H groups in total. The number of rotatable bonds is 0. The summed E-state index contributed by atoms with van der Waals surface area (Å²) in [5.41, 5.74) is 0. The zero-order valence-electron chi connectivity index (χ0n) is 3.78. The van der Waals surface area contributed by atoms with Gasteiger partial charge < -0.3 is 0 Å². The van der Waals surface area contributed by atoms with Gasteiger partial charge >= 0.3 is 51.9 Å². The van der Waals surface area contributed by atoms with Gasteiger partial charge in [0.15, 0.2) is 0 Å². The van der Waals surface area contributed by atoms with Crippen molar-refractivity contribution in [2.24, 2.45) is 0 Å². The van der Waals surface area contributed by atoms with E-state index in [9.17, 15) is 0 Å². The predicted molar refractivity (Wildman–Crippen MR) is 26.6 cm³/mol. The standard InChI is InChI=1S/C4H8N.Sn/c1-2-4-5-3-1;/h1-4H2;/q-1;+1. The molecule has 1 heterocycles. The summed E-state index contributed by atoms with van der Waals surface area (Å²) in [5, 5.41) is 0. The van der Waals surface area contributed by atoms with Crippen molar-refractivity contribution in [3.63, 3.8) is 0 Å². The molecular formula is C4H8NSn. The fraction of sp³-hybridized carbons (Fsp3) is 1.00. The summed E-state index contributed by atoms with van der Waals surface area (Å²) < 4.78 is 2.45. The monoisotopic (exact) mass is 190 g/mol. The Balaban J connectivity index is 2.18. The van der Waals surface area contributed by atoms with Gasteiger partial charge in [-0.25, -0.2) is 0 Å². The summed E-state index contributed by atoms with van der Waals surface area (Å²) >= 11 is 1.60. The summed E-state index contributed by atoms with van der Waals surface area (Å²) in [7, 11) is 0. The summed E-state index contributed by atoms with van der Waals surface area (Å²) in [6.45, 7) is 2.72. The molecule has 0 bridgehead atoms. The van der Waals surface area contributed by atoms with Gasteiger partial charge in [0.05, 0.1) is 0 Å². The molecule has 2 heteroatoms. The van der Waals surface area contributed by atoms with Crippen LogP contribution in [0.15, 0.2) is 0 Å². The molecular weight excluding hydrogens is 181 g/mol. The van der Waals surface area contributed by atoms with Crippen LogP contribution in [0.25, 0.3) is 0 Å². The zero-order chi connectivity index (χ0) is 4.41. The zero-order valence-corrected chi connectivity index (χ0v) is 6.63. The summed E-state index contributed by atoms with van der Waals surface area (Å²) in [5.74, 6) is 0. The minimum absolute atomic E-state index is 1.36. The Morgan fingerprint density at radius 3 is 1.83 bits per heavy atom. The molecule has 0 unspecified atom stereocenters. The van der Waals surface area contributed by atoms with E-state index in [1.807, 2.05) is 0 Å². The van der Waals surface area contributed by atoms with Gasteiger partial charge in [-0.3, -0.25) is 0 Å². The molecule has 1 saturated heterocycles. The van der Waals surface area contributed by atoms with E-state index >= 15 is 0 Å². The van der Waals surface area contributed by atoms with Crippen molar-refractivity contribution in [1.29, 1.82) is 0 Å². The molecule has 0 aliphatic carbocycles. The molecule has 1 nitrogen and oxygen atoms in total. The van der Waals surface area contributed by atoms with Crippen molar-refractivity contribution in [1.82, 2.24) is 3.12 Å². The third-order valence-electron chi connectivity index (χ3n) is 1.11. The molecule has 0 aromatic rings. The van der Waals surface area contributed by atoms with Gasteiger partial charge in [-0.2, -0.15) is 0 Å². The van der Waals surface area contributed by atoms with Gasteiger partial charge in [0.2, 0.25) is 0 Å². The molecule has 3 radical (unpaired) electrons. The van der Waals surface area contributed by atoms with Crippen molar-refractivity contribution >= 4 is 22.8 Å². The van der Waals surface area contributed by atoms with E-state index in [1.165, 1.54) is 25.9 Å². The average Bonchev–Trinajstić information content (AvgIpc) is 1.86. The number of hydrogen-bond acceptors (Lipinski definition) is 1. The van der Waals surface area contributed by atoms with Crippen LogP contribution in [-0.2, 0) is 0 Å². The Morgan fingerprint density at radius 2 is 1.67 bits per heavy atom. The van der Waals surface area contributed by atoms with Crippen LogP contribution >= 0.6 is 0 Å². The Labute approximate surface area is 52.2 Å². The Kier molecular flexibility index (Phi) is 1.77. The van der Waals surface area contributed by atoms with Crippen LogP contribution in [0, 0.1) is 0 Å². The summed E-state index contributed by atoms with van der Waals surface area (Å²) in [6, 6.07) is 0. The van der Waals surface area contributed by atoms with E-state index in [4.69, 9.17) is 0 Å². The molecule has 0 amide bonds. The van der Waals surface area contributed by atoms with Crippen LogP contribution in [-0.4, -0.2) is 39.0 Å². The quantitative estimate of drug-likeness (QED) is 0.490. The molecule has 0 atom stereocenters. The first-order chi connectivity index (χ1) is 2.89. The van der Waals surface area contributed by atoms with Gasteiger partial charge in [0.25, 0.3) is 0 Å². The van der Waals surface area contributed by atoms with Crippen molar-refractivity contribution in [2.45, 2.75) is 12.8 Å². The van der Waals surface area contributed by atoms with Gasteiger partial charge in [-0.05, 0) is 0 Å². The first-order valence-corrected chi connectivity index (χ1v) is 3.63. The molecule has 0 aromatic heterocycles. The molecule has 0 aromatic carbocycles. The van der Waals surface area contributed by atoms with Crippen molar-refractivity contribution in [2.75, 3.05) is 13.1 Å². The predicted octanol–water partition coefficient (Wildman–Crippen LogP) is 0.166. The topological polar surface area (TPSA) is 3.24 Å². The maximum absolute atomic E-state index is 2.45. The van der Waals surface area contributed by atoms with Gasteiger partial charge in [-0.15, -0.1) is 0 Å². The number of hydrogen-bond donors (Lipinski definition) is 0. The second-order valence-corrected chi connectivity index (χ2v) is 3.50. The Bertz CT molecular complexity index is 40.8. The molecule has 1 aliphatic rings. The molecule has 0 saturated carbocycles. The van der Waals surface area contributed by atoms with Gasteiger partial charge in [0.1, 0.15) is 0 Å². The molecule has 1 rings (SSSR count). The molecule has 1 aliphatic heterocycles. The summed E-state index contributed by atoms with van der Waals surface area (Å²) in [6.07, 6.45) is 2.87. The first-order valence-electron chi connectivity index (χ1n) is 2.36. The molecule has 0 spiro atoms. The van der Waals surface area contributed by atoms with Crippen LogP contribution in [0.3, 0.4) is 0 Å². The van der Waals surface area contributed by atoms with E-state index in [0.717, 1.165) is 0 Å². The van der Waals surface area contributed by atoms with E-state index in [-0.39, 0.29) is 0 Å². The van der Waals surface area contributed by atoms with Gasteiger partial charge in [0, 0.05) is 0 Å². The first kappa shape index (κ1) is 4.91. The Morgan fingerprint density at radius 1 is 1.17 bits per heavy atom. The second kappa shape index (κ2) is 2.17. The van der Waals surface area contributed by atoms with Crippen LogP contribution in [0.4, 0.5) is 0 Å². The average molecular weight is 189 g/mol. The second-order valence-electron chi connectivity index (χ2n) is 1.69. The van der Waals surface area contributed by atoms with E-state index in [0.29, 0.717) is 0 Å². The van der Waals surface area contributed by atoms with E-state index in [1.54, 1.807) is 22.8 Å². The third kappa shape index (κ3) is 1.12. The van der Waals surface area contributed by atoms with Crippen LogP contribution in [0.2, 0.25) is 0 Å². The molecule has 6 heavy (non-hydrogen) atoms. The Hall–Kier alpha value is 0.759. The molecule has 33 valence electrons. The molecule has 1 fully saturated rings. The summed E-state index contributed by atoms with van der Waals surface area (Å²) in [4.78, 5) is 0. The SMILES string of the molecule is [Sn][N]1CCCC1. The van der Waals surface area contributed by atoms with Crippen LogP contribution < -0.4 is 0 Å². The minimum atomic E-state index is 1.36. The normalized spacial score (nSPS) is 25.5. The fourth-order valence-corrected chi connectivity index (χ4v) is 1.62. The third-order valence-corrected chi connectivity index (χ3v) is 2.38. The number of nitrogens with zero attached hydrogens (tertiary/aromatic N) is 1. The van der Waals surface area contributed by atoms with E-state index < -0.39 is 0 Å². The van der Waals surface area contributed by atoms with Crippen molar-refractivity contribution in [3.8, 4) is 0 Å². The van der Waals surface area contributed by atoms with Gasteiger partial charge in [-0.1, -0.05) is 0 Å². The van der Waals surface area contributed by atoms with Crippen molar-refractivity contribution in [3.05, 3.63) is 0 Å². The van der Waals surface area contributed by atoms with Crippen LogP contribution in [0.1, 0.15) is 12.8 Å². The van der Waals surface area contributed by atoms with Crippen molar-refractivity contribution < 1.29 is 0 Å². The fourth-order valence-electron chi connectivity index (χ4n) is 0.717. The maximum atomic E-state index is 2.45. The van der Waals surface area contributed by atoms with Crippen LogP contribution in [0.5, 0.6) is 0 Å².